The first-order valence-electron chi connectivity index (χ1n) is 10.9. The number of carbonyl (C=O) groups is 2. The van der Waals surface area contributed by atoms with Crippen LogP contribution in [0.3, 0.4) is 0 Å². The number of hydrogen-bond acceptors (Lipinski definition) is 4. The number of imide groups is 1. The van der Waals surface area contributed by atoms with E-state index < -0.39 is 0 Å². The van der Waals surface area contributed by atoms with E-state index in [0.717, 1.165) is 27.6 Å². The van der Waals surface area contributed by atoms with Gasteiger partial charge in [-0.15, -0.1) is 0 Å². The van der Waals surface area contributed by atoms with Gasteiger partial charge in [-0.1, -0.05) is 48.5 Å². The summed E-state index contributed by atoms with van der Waals surface area (Å²) in [6.07, 6.45) is 0.646. The number of anilines is 1. The second kappa shape index (κ2) is 8.60. The lowest BCUT2D eigenvalue weighted by Crippen LogP contribution is -2.41. The number of nitrogens with zero attached hydrogens (tertiary/aromatic N) is 2. The minimum absolute atomic E-state index is 0.226. The van der Waals surface area contributed by atoms with Crippen molar-refractivity contribution in [2.45, 2.75) is 6.42 Å². The third-order valence-corrected chi connectivity index (χ3v) is 5.98. The first-order valence-corrected chi connectivity index (χ1v) is 10.9. The molecule has 0 fully saturated rings. The molecule has 5 nitrogen and oxygen atoms in total. The Bertz CT molecular complexity index is 1350. The van der Waals surface area contributed by atoms with Crippen molar-refractivity contribution in [3.05, 3.63) is 102 Å². The molecule has 0 bridgehead atoms. The number of nitrogens with one attached hydrogen (secondary N) is 1. The van der Waals surface area contributed by atoms with E-state index in [-0.39, 0.29) is 11.8 Å². The Kier molecular flexibility index (Phi) is 5.34. The first-order chi connectivity index (χ1) is 16.2. The average Bonchev–Trinajstić information content (AvgIpc) is 2.87. The van der Waals surface area contributed by atoms with E-state index in [1.54, 1.807) is 12.1 Å². The third-order valence-electron chi connectivity index (χ3n) is 5.98. The lowest BCUT2D eigenvalue weighted by atomic mass is 9.94. The zero-order valence-electron chi connectivity index (χ0n) is 17.9. The first kappa shape index (κ1) is 20.5. The van der Waals surface area contributed by atoms with E-state index in [4.69, 9.17) is 5.26 Å². The van der Waals surface area contributed by atoms with Gasteiger partial charge in [-0.2, -0.15) is 5.26 Å². The molecule has 33 heavy (non-hydrogen) atoms. The summed E-state index contributed by atoms with van der Waals surface area (Å²) in [5.74, 6) is -0.452. The number of rotatable bonds is 6. The second-order valence-corrected chi connectivity index (χ2v) is 8.02. The van der Waals surface area contributed by atoms with Crippen molar-refractivity contribution in [2.24, 2.45) is 0 Å². The Morgan fingerprint density at radius 1 is 0.758 bits per heavy atom. The van der Waals surface area contributed by atoms with Gasteiger partial charge in [-0.25, -0.2) is 0 Å². The summed E-state index contributed by atoms with van der Waals surface area (Å²) in [4.78, 5) is 27.3. The molecule has 0 atom stereocenters. The van der Waals surface area contributed by atoms with E-state index in [1.807, 2.05) is 72.8 Å². The van der Waals surface area contributed by atoms with Crippen LogP contribution in [-0.2, 0) is 0 Å². The third kappa shape index (κ3) is 3.83. The van der Waals surface area contributed by atoms with Gasteiger partial charge in [0.2, 0.25) is 0 Å². The standard InChI is InChI=1S/C28H21N3O2/c29-18-19-8-10-20(11-9-19)21-12-14-23(15-13-21)30-16-3-17-31-27(32)24-6-1-4-22-5-2-7-25(26(22)24)28(31)33/h1-2,4-15,30H,3,16-17H2. The predicted molar refractivity (Wildman–Crippen MR) is 129 cm³/mol. The van der Waals surface area contributed by atoms with Gasteiger partial charge in [0.1, 0.15) is 0 Å². The molecule has 0 spiro atoms. The molecule has 0 unspecified atom stereocenters. The van der Waals surface area contributed by atoms with Crippen LogP contribution in [0.5, 0.6) is 0 Å². The van der Waals surface area contributed by atoms with Crippen molar-refractivity contribution >= 4 is 28.3 Å². The van der Waals surface area contributed by atoms with Crippen molar-refractivity contribution in [1.82, 2.24) is 4.90 Å². The predicted octanol–water partition coefficient (Wildman–Crippen LogP) is 5.48. The largest absolute Gasteiger partial charge is 0.385 e. The van der Waals surface area contributed by atoms with Crippen LogP contribution in [-0.4, -0.2) is 29.8 Å². The lowest BCUT2D eigenvalue weighted by Gasteiger charge is -2.27. The van der Waals surface area contributed by atoms with E-state index in [1.165, 1.54) is 4.90 Å². The minimum atomic E-state index is -0.226. The van der Waals surface area contributed by atoms with Gasteiger partial charge in [-0.05, 0) is 59.3 Å². The van der Waals surface area contributed by atoms with Gasteiger partial charge in [-0.3, -0.25) is 14.5 Å². The fourth-order valence-corrected chi connectivity index (χ4v) is 4.27. The molecule has 0 aromatic heterocycles. The molecule has 1 aliphatic heterocycles. The van der Waals surface area contributed by atoms with Crippen LogP contribution in [0.2, 0.25) is 0 Å². The Morgan fingerprint density at radius 3 is 1.91 bits per heavy atom. The number of carbonyl (C=O) groups excluding carboxylic acids is 2. The van der Waals surface area contributed by atoms with Gasteiger partial charge in [0, 0.05) is 35.3 Å². The van der Waals surface area contributed by atoms with E-state index >= 15 is 0 Å². The summed E-state index contributed by atoms with van der Waals surface area (Å²) in [6, 6.07) is 28.8. The molecule has 0 radical (unpaired) electrons. The number of hydrogen-bond donors (Lipinski definition) is 1. The topological polar surface area (TPSA) is 73.2 Å². The Hall–Kier alpha value is -4.43. The van der Waals surface area contributed by atoms with Gasteiger partial charge < -0.3 is 5.32 Å². The van der Waals surface area contributed by atoms with Gasteiger partial charge in [0.15, 0.2) is 0 Å². The van der Waals surface area contributed by atoms with Crippen molar-refractivity contribution < 1.29 is 9.59 Å². The highest BCUT2D eigenvalue weighted by Crippen LogP contribution is 2.30. The van der Waals surface area contributed by atoms with Gasteiger partial charge >= 0.3 is 0 Å². The van der Waals surface area contributed by atoms with Crippen LogP contribution in [0.15, 0.2) is 84.9 Å². The van der Waals surface area contributed by atoms with Crippen molar-refractivity contribution in [2.75, 3.05) is 18.4 Å². The maximum absolute atomic E-state index is 13.0. The minimum Gasteiger partial charge on any atom is -0.385 e. The SMILES string of the molecule is N#Cc1ccc(-c2ccc(NCCCN3C(=O)c4cccc5cccc(c45)C3=O)cc2)cc1. The maximum Gasteiger partial charge on any atom is 0.261 e. The summed E-state index contributed by atoms with van der Waals surface area (Å²) >= 11 is 0. The second-order valence-electron chi connectivity index (χ2n) is 8.02. The van der Waals surface area contributed by atoms with Crippen LogP contribution in [0.4, 0.5) is 5.69 Å². The Labute approximate surface area is 191 Å². The number of benzene rings is 4. The normalized spacial score (nSPS) is 12.6. The Morgan fingerprint density at radius 2 is 1.33 bits per heavy atom. The van der Waals surface area contributed by atoms with Crippen LogP contribution in [0.1, 0.15) is 32.7 Å². The summed E-state index contributed by atoms with van der Waals surface area (Å²) in [6.45, 7) is 0.998. The zero-order chi connectivity index (χ0) is 22.8. The molecular formula is C28H21N3O2. The zero-order valence-corrected chi connectivity index (χ0v) is 17.9. The molecule has 1 N–H and O–H groups in total. The van der Waals surface area contributed by atoms with Crippen LogP contribution in [0.25, 0.3) is 21.9 Å². The van der Waals surface area contributed by atoms with Gasteiger partial charge in [0.05, 0.1) is 11.6 Å². The lowest BCUT2D eigenvalue weighted by molar-refractivity contribution is 0.0610. The highest BCUT2D eigenvalue weighted by atomic mass is 16.2. The quantitative estimate of drug-likeness (QED) is 0.324. The molecule has 1 aliphatic rings. The van der Waals surface area contributed by atoms with Crippen molar-refractivity contribution in [3.63, 3.8) is 0 Å². The summed E-state index contributed by atoms with van der Waals surface area (Å²) in [5, 5.41) is 14.0. The molecule has 2 amide bonds. The van der Waals surface area contributed by atoms with Crippen LogP contribution >= 0.6 is 0 Å². The molecule has 0 aliphatic carbocycles. The highest BCUT2D eigenvalue weighted by molar-refractivity contribution is 6.25. The molecule has 0 saturated heterocycles. The van der Waals surface area contributed by atoms with E-state index in [2.05, 4.69) is 11.4 Å². The molecule has 0 saturated carbocycles. The smallest absolute Gasteiger partial charge is 0.261 e. The number of nitriles is 1. The van der Waals surface area contributed by atoms with E-state index in [0.29, 0.717) is 36.2 Å². The van der Waals surface area contributed by atoms with Crippen LogP contribution < -0.4 is 5.32 Å². The van der Waals surface area contributed by atoms with Gasteiger partial charge in [0.25, 0.3) is 11.8 Å². The summed E-state index contributed by atoms with van der Waals surface area (Å²) in [5.41, 5.74) is 4.92. The summed E-state index contributed by atoms with van der Waals surface area (Å²) in [7, 11) is 0. The average molecular weight is 431 g/mol. The molecule has 1 heterocycles. The fraction of sp³-hybridized carbons (Fsp3) is 0.107. The monoisotopic (exact) mass is 431 g/mol. The van der Waals surface area contributed by atoms with Crippen LogP contribution in [0, 0.1) is 11.3 Å². The van der Waals surface area contributed by atoms with Crippen molar-refractivity contribution in [1.29, 1.82) is 5.26 Å². The molecular weight excluding hydrogens is 410 g/mol. The van der Waals surface area contributed by atoms with E-state index in [9.17, 15) is 9.59 Å². The van der Waals surface area contributed by atoms with Crippen molar-refractivity contribution in [3.8, 4) is 17.2 Å². The maximum atomic E-state index is 13.0. The molecule has 4 aromatic rings. The fourth-order valence-electron chi connectivity index (χ4n) is 4.27. The summed E-state index contributed by atoms with van der Waals surface area (Å²) < 4.78 is 0. The number of amides is 2. The highest BCUT2D eigenvalue weighted by Gasteiger charge is 2.31. The Balaban J connectivity index is 1.20. The molecule has 5 rings (SSSR count). The molecule has 160 valence electrons. The molecule has 5 heteroatoms. The molecule has 4 aromatic carbocycles.